The number of halogens is 2. The molecule has 1 aromatic rings. The second kappa shape index (κ2) is 4.62. The van der Waals surface area contributed by atoms with Crippen LogP contribution in [0.5, 0.6) is 0 Å². The average Bonchev–Trinajstić information content (AvgIpc) is 2.24. The third-order valence-electron chi connectivity index (χ3n) is 2.48. The van der Waals surface area contributed by atoms with Crippen LogP contribution in [0.25, 0.3) is 0 Å². The molecule has 0 unspecified atom stereocenters. The molecular formula is C10H10F2N2O3S. The number of benzene rings is 1. The molecule has 18 heavy (non-hydrogen) atoms. The van der Waals surface area contributed by atoms with Gasteiger partial charge in [0.1, 0.15) is 12.0 Å². The first-order valence-electron chi connectivity index (χ1n) is 5.11. The van der Waals surface area contributed by atoms with Crippen LogP contribution >= 0.6 is 0 Å². The summed E-state index contributed by atoms with van der Waals surface area (Å²) in [4.78, 5) is 11.6. The molecule has 5 nitrogen and oxygen atoms in total. The first-order valence-corrected chi connectivity index (χ1v) is 6.55. The predicted molar refractivity (Wildman–Crippen MR) is 59.3 cm³/mol. The van der Waals surface area contributed by atoms with Gasteiger partial charge >= 0.3 is 10.2 Å². The quantitative estimate of drug-likeness (QED) is 0.872. The predicted octanol–water partition coefficient (Wildman–Crippen LogP) is 0.454. The van der Waals surface area contributed by atoms with E-state index in [1.54, 1.807) is 4.72 Å². The number of alkyl halides is 1. The van der Waals surface area contributed by atoms with Gasteiger partial charge in [-0.25, -0.2) is 13.5 Å². The van der Waals surface area contributed by atoms with E-state index in [0.717, 1.165) is 16.4 Å². The Morgan fingerprint density at radius 1 is 1.33 bits per heavy atom. The molecule has 0 aliphatic carbocycles. The zero-order valence-corrected chi connectivity index (χ0v) is 9.95. The fourth-order valence-corrected chi connectivity index (χ4v) is 2.66. The molecule has 1 saturated heterocycles. The number of hydrogen-bond acceptors (Lipinski definition) is 3. The van der Waals surface area contributed by atoms with Crippen LogP contribution in [-0.4, -0.2) is 37.9 Å². The Hall–Kier alpha value is -1.54. The first kappa shape index (κ1) is 12.9. The van der Waals surface area contributed by atoms with E-state index in [2.05, 4.69) is 0 Å². The first-order chi connectivity index (χ1) is 8.40. The van der Waals surface area contributed by atoms with E-state index in [9.17, 15) is 22.0 Å². The van der Waals surface area contributed by atoms with Gasteiger partial charge in [-0.1, -0.05) is 12.1 Å². The second-order valence-electron chi connectivity index (χ2n) is 3.83. The fraction of sp³-hybridized carbons (Fsp3) is 0.300. The molecule has 98 valence electrons. The van der Waals surface area contributed by atoms with Crippen LogP contribution in [0.15, 0.2) is 24.3 Å². The summed E-state index contributed by atoms with van der Waals surface area (Å²) in [6, 6.07) is 4.99. The largest absolute Gasteiger partial charge is 0.304 e. The maximum Gasteiger partial charge on any atom is 0.304 e. The maximum absolute atomic E-state index is 13.2. The van der Waals surface area contributed by atoms with E-state index < -0.39 is 28.1 Å². The lowest BCUT2D eigenvalue weighted by Crippen LogP contribution is -2.56. The summed E-state index contributed by atoms with van der Waals surface area (Å²) in [5, 5.41) is 0. The van der Waals surface area contributed by atoms with Crippen molar-refractivity contribution < 1.29 is 22.0 Å². The molecule has 2 rings (SSSR count). The number of hydrogen-bond donors (Lipinski definition) is 1. The highest BCUT2D eigenvalue weighted by atomic mass is 32.2. The Morgan fingerprint density at radius 3 is 2.50 bits per heavy atom. The highest BCUT2D eigenvalue weighted by Gasteiger charge is 2.37. The Labute approximate surface area is 103 Å². The monoisotopic (exact) mass is 276 g/mol. The Morgan fingerprint density at radius 2 is 1.94 bits per heavy atom. The molecule has 1 fully saturated rings. The van der Waals surface area contributed by atoms with Gasteiger partial charge in [0, 0.05) is 13.1 Å². The molecule has 1 amide bonds. The molecule has 8 heteroatoms. The smallest absolute Gasteiger partial charge is 0.268 e. The number of rotatable bonds is 3. The summed E-state index contributed by atoms with van der Waals surface area (Å²) < 4.78 is 51.4. The van der Waals surface area contributed by atoms with Gasteiger partial charge in [-0.15, -0.1) is 0 Å². The van der Waals surface area contributed by atoms with Crippen LogP contribution < -0.4 is 4.72 Å². The molecule has 0 aromatic heterocycles. The van der Waals surface area contributed by atoms with E-state index in [1.165, 1.54) is 12.1 Å². The number of nitrogens with zero attached hydrogens (tertiary/aromatic N) is 1. The van der Waals surface area contributed by atoms with Crippen LogP contribution in [0.3, 0.4) is 0 Å². The highest BCUT2D eigenvalue weighted by Crippen LogP contribution is 2.15. The van der Waals surface area contributed by atoms with Gasteiger partial charge in [-0.05, 0) is 12.1 Å². The lowest BCUT2D eigenvalue weighted by atomic mass is 10.2. The lowest BCUT2D eigenvalue weighted by Gasteiger charge is -2.32. The van der Waals surface area contributed by atoms with E-state index in [-0.39, 0.29) is 18.7 Å². The lowest BCUT2D eigenvalue weighted by molar-refractivity contribution is 0.0964. The number of carbonyl (C=O) groups is 1. The van der Waals surface area contributed by atoms with E-state index >= 15 is 0 Å². The standard InChI is InChI=1S/C10H10F2N2O3S/c11-7-5-14(6-7)18(16,17)13-10(15)8-3-1-2-4-9(8)12/h1-4,7H,5-6H2,(H,13,15). The van der Waals surface area contributed by atoms with Crippen molar-refractivity contribution in [3.05, 3.63) is 35.6 Å². The molecule has 0 spiro atoms. The van der Waals surface area contributed by atoms with Crippen molar-refractivity contribution in [3.8, 4) is 0 Å². The number of carbonyl (C=O) groups excluding carboxylic acids is 1. The molecule has 1 aromatic carbocycles. The molecule has 0 radical (unpaired) electrons. The molecule has 0 atom stereocenters. The SMILES string of the molecule is O=C(NS(=O)(=O)N1CC(F)C1)c1ccccc1F. The van der Waals surface area contributed by atoms with Gasteiger partial charge in [0.25, 0.3) is 5.91 Å². The molecule has 0 saturated carbocycles. The summed E-state index contributed by atoms with van der Waals surface area (Å²) in [6.45, 7) is -0.584. The zero-order chi connectivity index (χ0) is 13.3. The average molecular weight is 276 g/mol. The molecule has 0 bridgehead atoms. The zero-order valence-electron chi connectivity index (χ0n) is 9.14. The minimum absolute atomic E-state index is 0.292. The topological polar surface area (TPSA) is 66.5 Å². The van der Waals surface area contributed by atoms with E-state index in [1.807, 2.05) is 0 Å². The third-order valence-corrected chi connectivity index (χ3v) is 3.90. The van der Waals surface area contributed by atoms with Gasteiger partial charge in [-0.3, -0.25) is 4.79 Å². The summed E-state index contributed by atoms with van der Waals surface area (Å²) in [7, 11) is -4.09. The van der Waals surface area contributed by atoms with E-state index in [0.29, 0.717) is 0 Å². The molecule has 1 aliphatic rings. The van der Waals surface area contributed by atoms with E-state index in [4.69, 9.17) is 0 Å². The van der Waals surface area contributed by atoms with Crippen LogP contribution in [0.4, 0.5) is 8.78 Å². The van der Waals surface area contributed by atoms with Crippen molar-refractivity contribution in [1.82, 2.24) is 9.03 Å². The van der Waals surface area contributed by atoms with Crippen LogP contribution in [-0.2, 0) is 10.2 Å². The third kappa shape index (κ3) is 2.49. The molecule has 1 aliphatic heterocycles. The van der Waals surface area contributed by atoms with Gasteiger partial charge in [0.05, 0.1) is 5.56 Å². The number of nitrogens with one attached hydrogen (secondary N) is 1. The molecule has 1 N–H and O–H groups in total. The number of amides is 1. The Kier molecular flexibility index (Phi) is 3.31. The van der Waals surface area contributed by atoms with Crippen molar-refractivity contribution in [2.24, 2.45) is 0 Å². The Bertz CT molecular complexity index is 570. The van der Waals surface area contributed by atoms with Crippen LogP contribution in [0, 0.1) is 5.82 Å². The minimum Gasteiger partial charge on any atom is -0.268 e. The molecule has 1 heterocycles. The van der Waals surface area contributed by atoms with Crippen molar-refractivity contribution in [2.75, 3.05) is 13.1 Å². The van der Waals surface area contributed by atoms with Gasteiger partial charge in [-0.2, -0.15) is 12.7 Å². The summed E-state index contributed by atoms with van der Waals surface area (Å²) in [6.07, 6.45) is -1.22. The second-order valence-corrected chi connectivity index (χ2v) is 5.50. The van der Waals surface area contributed by atoms with Gasteiger partial charge < -0.3 is 0 Å². The summed E-state index contributed by atoms with van der Waals surface area (Å²) in [5.41, 5.74) is -0.376. The van der Waals surface area contributed by atoms with Crippen molar-refractivity contribution >= 4 is 16.1 Å². The van der Waals surface area contributed by atoms with Gasteiger partial charge in [0.2, 0.25) is 0 Å². The fourth-order valence-electron chi connectivity index (χ4n) is 1.47. The van der Waals surface area contributed by atoms with Crippen molar-refractivity contribution in [2.45, 2.75) is 6.17 Å². The maximum atomic E-state index is 13.2. The minimum atomic E-state index is -4.09. The summed E-state index contributed by atoms with van der Waals surface area (Å²) in [5.74, 6) is -1.90. The van der Waals surface area contributed by atoms with Crippen LogP contribution in [0.2, 0.25) is 0 Å². The highest BCUT2D eigenvalue weighted by molar-refractivity contribution is 7.87. The van der Waals surface area contributed by atoms with Crippen molar-refractivity contribution in [3.63, 3.8) is 0 Å². The van der Waals surface area contributed by atoms with Gasteiger partial charge in [0.15, 0.2) is 0 Å². The van der Waals surface area contributed by atoms with Crippen LogP contribution in [0.1, 0.15) is 10.4 Å². The van der Waals surface area contributed by atoms with Crippen molar-refractivity contribution in [1.29, 1.82) is 0 Å². The normalized spacial score (nSPS) is 17.2. The Balaban J connectivity index is 2.10. The molecular weight excluding hydrogens is 266 g/mol. The summed E-state index contributed by atoms with van der Waals surface area (Å²) >= 11 is 0.